The normalized spacial score (nSPS) is 22.3. The Morgan fingerprint density at radius 3 is 2.42 bits per heavy atom. The minimum atomic E-state index is -0.472. The molecule has 3 amide bonds. The fraction of sp³-hybridized carbons (Fsp3) is 0.471. The maximum Gasteiger partial charge on any atom is 0.251 e. The average molecular weight is 331 g/mol. The number of aromatic hydroxyl groups is 1. The number of piperazine rings is 1. The number of carbonyl (C=O) groups is 3. The summed E-state index contributed by atoms with van der Waals surface area (Å²) in [5, 5.41) is 9.51. The summed E-state index contributed by atoms with van der Waals surface area (Å²) in [5.74, 6) is -0.324. The van der Waals surface area contributed by atoms with Crippen LogP contribution in [0.4, 0.5) is 5.69 Å². The molecule has 0 radical (unpaired) electrons. The molecule has 0 saturated carbocycles. The minimum absolute atomic E-state index is 0.0322. The number of amides is 3. The van der Waals surface area contributed by atoms with E-state index in [-0.39, 0.29) is 29.9 Å². The molecule has 2 aliphatic heterocycles. The predicted octanol–water partition coefficient (Wildman–Crippen LogP) is 0.497. The molecule has 0 aliphatic carbocycles. The van der Waals surface area contributed by atoms with Crippen molar-refractivity contribution in [3.8, 4) is 5.75 Å². The van der Waals surface area contributed by atoms with Crippen LogP contribution in [0.3, 0.4) is 0 Å². The third kappa shape index (κ3) is 2.87. The van der Waals surface area contributed by atoms with Gasteiger partial charge in [0.2, 0.25) is 11.8 Å². The fourth-order valence-electron chi connectivity index (χ4n) is 3.39. The van der Waals surface area contributed by atoms with Gasteiger partial charge in [0.05, 0.1) is 18.2 Å². The van der Waals surface area contributed by atoms with Gasteiger partial charge in [0.15, 0.2) is 0 Å². The highest BCUT2D eigenvalue weighted by Crippen LogP contribution is 2.30. The van der Waals surface area contributed by atoms with Crippen LogP contribution in [-0.4, -0.2) is 64.8 Å². The number of phenols is 1. The molecule has 128 valence electrons. The third-order valence-electron chi connectivity index (χ3n) is 4.74. The van der Waals surface area contributed by atoms with Gasteiger partial charge in [0, 0.05) is 33.1 Å². The Bertz CT molecular complexity index is 695. The third-order valence-corrected chi connectivity index (χ3v) is 4.74. The molecule has 3 rings (SSSR count). The van der Waals surface area contributed by atoms with Crippen molar-refractivity contribution in [2.45, 2.75) is 26.3 Å². The smallest absolute Gasteiger partial charge is 0.251 e. The van der Waals surface area contributed by atoms with Crippen molar-refractivity contribution in [1.29, 1.82) is 0 Å². The van der Waals surface area contributed by atoms with Crippen LogP contribution in [0.5, 0.6) is 5.75 Å². The number of benzene rings is 1. The van der Waals surface area contributed by atoms with Crippen LogP contribution in [0.2, 0.25) is 0 Å². The number of rotatable bonds is 2. The van der Waals surface area contributed by atoms with Gasteiger partial charge < -0.3 is 10.0 Å². The van der Waals surface area contributed by atoms with Crippen molar-refractivity contribution < 1.29 is 19.5 Å². The van der Waals surface area contributed by atoms with Gasteiger partial charge in [0.25, 0.3) is 5.91 Å². The lowest BCUT2D eigenvalue weighted by molar-refractivity contribution is -0.131. The number of aryl methyl sites for hydroxylation is 1. The van der Waals surface area contributed by atoms with E-state index in [1.165, 1.54) is 24.0 Å². The number of phenolic OH excluding ortho intramolecular Hbond substituents is 1. The Balaban J connectivity index is 1.76. The quantitative estimate of drug-likeness (QED) is 0.798. The molecule has 2 aliphatic rings. The summed E-state index contributed by atoms with van der Waals surface area (Å²) in [5.41, 5.74) is 1.20. The van der Waals surface area contributed by atoms with Gasteiger partial charge in [0.1, 0.15) is 5.75 Å². The summed E-state index contributed by atoms with van der Waals surface area (Å²) in [6, 6.07) is 4.13. The molecule has 2 heterocycles. The summed E-state index contributed by atoms with van der Waals surface area (Å²) in [6.45, 7) is 5.62. The Morgan fingerprint density at radius 2 is 1.83 bits per heavy atom. The molecule has 0 bridgehead atoms. The van der Waals surface area contributed by atoms with Crippen LogP contribution >= 0.6 is 0 Å². The lowest BCUT2D eigenvalue weighted by atomic mass is 10.1. The van der Waals surface area contributed by atoms with E-state index in [2.05, 4.69) is 0 Å². The van der Waals surface area contributed by atoms with Crippen LogP contribution in [-0.2, 0) is 14.4 Å². The van der Waals surface area contributed by atoms with E-state index >= 15 is 0 Å². The number of hydrogen-bond donors (Lipinski definition) is 1. The number of anilines is 1. The number of carbonyl (C=O) groups excluding carboxylic acids is 3. The summed E-state index contributed by atoms with van der Waals surface area (Å²) >= 11 is 0. The second kappa shape index (κ2) is 6.24. The van der Waals surface area contributed by atoms with Crippen LogP contribution in [0, 0.1) is 6.92 Å². The van der Waals surface area contributed by atoms with E-state index in [1.54, 1.807) is 17.9 Å². The Hall–Kier alpha value is -2.41. The van der Waals surface area contributed by atoms with E-state index in [1.807, 2.05) is 4.90 Å². The molecule has 1 unspecified atom stereocenters. The van der Waals surface area contributed by atoms with Gasteiger partial charge in [-0.3, -0.25) is 19.3 Å². The van der Waals surface area contributed by atoms with E-state index in [0.29, 0.717) is 37.4 Å². The zero-order valence-electron chi connectivity index (χ0n) is 13.9. The van der Waals surface area contributed by atoms with Gasteiger partial charge in [-0.1, -0.05) is 0 Å². The second-order valence-electron chi connectivity index (χ2n) is 6.30. The highest BCUT2D eigenvalue weighted by atomic mass is 16.3. The van der Waals surface area contributed by atoms with Crippen LogP contribution < -0.4 is 4.90 Å². The Labute approximate surface area is 140 Å². The first kappa shape index (κ1) is 16.4. The molecule has 7 heteroatoms. The van der Waals surface area contributed by atoms with E-state index in [9.17, 15) is 19.5 Å². The van der Waals surface area contributed by atoms with Crippen LogP contribution in [0.15, 0.2) is 18.2 Å². The molecule has 1 atom stereocenters. The van der Waals surface area contributed by atoms with E-state index < -0.39 is 6.04 Å². The molecular weight excluding hydrogens is 310 g/mol. The SMILES string of the molecule is CC(=O)N1CCN(C2CC(=O)N(c3ccc(O)cc3C)C2=O)CC1. The highest BCUT2D eigenvalue weighted by molar-refractivity contribution is 6.22. The summed E-state index contributed by atoms with van der Waals surface area (Å²) in [4.78, 5) is 41.5. The minimum Gasteiger partial charge on any atom is -0.508 e. The van der Waals surface area contributed by atoms with Gasteiger partial charge >= 0.3 is 0 Å². The predicted molar refractivity (Wildman–Crippen MR) is 87.6 cm³/mol. The van der Waals surface area contributed by atoms with Gasteiger partial charge in [-0.2, -0.15) is 0 Å². The second-order valence-corrected chi connectivity index (χ2v) is 6.30. The lowest BCUT2D eigenvalue weighted by Gasteiger charge is -2.36. The number of imide groups is 1. The molecule has 2 saturated heterocycles. The van der Waals surface area contributed by atoms with Gasteiger partial charge in [-0.25, -0.2) is 4.90 Å². The standard InChI is InChI=1S/C17H21N3O4/c1-11-9-13(22)3-4-14(11)20-16(23)10-15(17(20)24)19-7-5-18(6-8-19)12(2)21/h3-4,9,15,22H,5-8,10H2,1-2H3. The monoisotopic (exact) mass is 331 g/mol. The highest BCUT2D eigenvalue weighted by Gasteiger charge is 2.43. The van der Waals surface area contributed by atoms with Gasteiger partial charge in [-0.15, -0.1) is 0 Å². The molecule has 2 fully saturated rings. The van der Waals surface area contributed by atoms with Crippen molar-refractivity contribution in [2.75, 3.05) is 31.1 Å². The maximum atomic E-state index is 12.8. The van der Waals surface area contributed by atoms with E-state index in [4.69, 9.17) is 0 Å². The lowest BCUT2D eigenvalue weighted by Crippen LogP contribution is -2.53. The first-order valence-corrected chi connectivity index (χ1v) is 8.04. The Kier molecular flexibility index (Phi) is 4.28. The molecular formula is C17H21N3O4. The topological polar surface area (TPSA) is 81.2 Å². The molecule has 1 aromatic carbocycles. The van der Waals surface area contributed by atoms with Gasteiger partial charge in [-0.05, 0) is 30.7 Å². The molecule has 0 spiro atoms. The zero-order chi connectivity index (χ0) is 17.4. The Morgan fingerprint density at radius 1 is 1.17 bits per heavy atom. The number of nitrogens with zero attached hydrogens (tertiary/aromatic N) is 3. The first-order valence-electron chi connectivity index (χ1n) is 8.04. The molecule has 1 N–H and O–H groups in total. The average Bonchev–Trinajstić information content (AvgIpc) is 2.83. The fourth-order valence-corrected chi connectivity index (χ4v) is 3.39. The van der Waals surface area contributed by atoms with Crippen molar-refractivity contribution in [3.05, 3.63) is 23.8 Å². The summed E-state index contributed by atoms with van der Waals surface area (Å²) in [7, 11) is 0. The van der Waals surface area contributed by atoms with Crippen molar-refractivity contribution in [1.82, 2.24) is 9.80 Å². The van der Waals surface area contributed by atoms with Crippen molar-refractivity contribution >= 4 is 23.4 Å². The first-order chi connectivity index (χ1) is 11.4. The molecule has 0 aromatic heterocycles. The summed E-state index contributed by atoms with van der Waals surface area (Å²) < 4.78 is 0. The molecule has 1 aromatic rings. The van der Waals surface area contributed by atoms with Crippen molar-refractivity contribution in [2.24, 2.45) is 0 Å². The molecule has 24 heavy (non-hydrogen) atoms. The van der Waals surface area contributed by atoms with Crippen LogP contribution in [0.1, 0.15) is 18.9 Å². The largest absolute Gasteiger partial charge is 0.508 e. The maximum absolute atomic E-state index is 12.8. The van der Waals surface area contributed by atoms with Crippen LogP contribution in [0.25, 0.3) is 0 Å². The molecule has 7 nitrogen and oxygen atoms in total. The zero-order valence-corrected chi connectivity index (χ0v) is 13.9. The van der Waals surface area contributed by atoms with E-state index in [0.717, 1.165) is 0 Å². The van der Waals surface area contributed by atoms with Crippen molar-refractivity contribution in [3.63, 3.8) is 0 Å². The summed E-state index contributed by atoms with van der Waals surface area (Å²) in [6.07, 6.45) is 0.152. The number of hydrogen-bond acceptors (Lipinski definition) is 5.